The minimum atomic E-state index is -0.597. The Morgan fingerprint density at radius 1 is 1.12 bits per heavy atom. The third-order valence-corrected chi connectivity index (χ3v) is 2.46. The van der Waals surface area contributed by atoms with E-state index in [1.165, 1.54) is 0 Å². The highest BCUT2D eigenvalue weighted by atomic mass is 32.2. The van der Waals surface area contributed by atoms with Crippen molar-refractivity contribution in [3.63, 3.8) is 0 Å². The Hall–Kier alpha value is -1.14. The first-order valence-corrected chi connectivity index (χ1v) is 5.54. The quantitative estimate of drug-likeness (QED) is 0.470. The molecule has 0 aliphatic rings. The second-order valence-corrected chi connectivity index (χ2v) is 4.90. The topological polar surface area (TPSA) is 86.2 Å². The van der Waals surface area contributed by atoms with Gasteiger partial charge in [-0.25, -0.2) is 0 Å². The molecule has 0 saturated heterocycles. The number of primary amides is 2. The Morgan fingerprint density at radius 2 is 1.56 bits per heavy atom. The van der Waals surface area contributed by atoms with Crippen molar-refractivity contribution in [3.05, 3.63) is 34.9 Å². The third-order valence-electron chi connectivity index (χ3n) is 2.09. The summed E-state index contributed by atoms with van der Waals surface area (Å²) in [5.41, 5.74) is 11.5. The van der Waals surface area contributed by atoms with Crippen molar-refractivity contribution < 1.29 is 9.59 Å². The molecule has 16 heavy (non-hydrogen) atoms. The second kappa shape index (κ2) is 5.27. The number of thiol groups is 2. The number of carbonyl (C=O) groups is 2. The molecule has 0 atom stereocenters. The smallest absolute Gasteiger partial charge is 0.249 e. The molecular formula is C10H12N2O2S2. The molecule has 4 N–H and O–H groups in total. The summed E-state index contributed by atoms with van der Waals surface area (Å²) in [5.74, 6) is -1.19. The Labute approximate surface area is 104 Å². The number of benzene rings is 1. The van der Waals surface area contributed by atoms with Crippen LogP contribution in [0.25, 0.3) is 0 Å². The molecule has 0 aromatic heterocycles. The van der Waals surface area contributed by atoms with Crippen molar-refractivity contribution in [1.29, 1.82) is 0 Å². The molecule has 0 heterocycles. The zero-order valence-electron chi connectivity index (χ0n) is 8.38. The van der Waals surface area contributed by atoms with Gasteiger partial charge < -0.3 is 11.5 Å². The van der Waals surface area contributed by atoms with E-state index in [9.17, 15) is 9.59 Å². The van der Waals surface area contributed by atoms with Gasteiger partial charge in [0.15, 0.2) is 0 Å². The molecule has 0 aliphatic carbocycles. The van der Waals surface area contributed by atoms with Crippen LogP contribution in [0.15, 0.2) is 18.2 Å². The van der Waals surface area contributed by atoms with Crippen molar-refractivity contribution >= 4 is 37.1 Å². The van der Waals surface area contributed by atoms with E-state index in [2.05, 4.69) is 25.3 Å². The third kappa shape index (κ3) is 2.93. The molecule has 0 unspecified atom stereocenters. The summed E-state index contributed by atoms with van der Waals surface area (Å²) in [6.07, 6.45) is 0.337. The second-order valence-electron chi connectivity index (χ2n) is 3.24. The maximum absolute atomic E-state index is 11.2. The largest absolute Gasteiger partial charge is 0.366 e. The van der Waals surface area contributed by atoms with E-state index in [0.717, 1.165) is 0 Å². The van der Waals surface area contributed by atoms with E-state index in [4.69, 9.17) is 11.5 Å². The highest BCUT2D eigenvalue weighted by Crippen LogP contribution is 2.19. The Kier molecular flexibility index (Phi) is 4.26. The molecule has 0 bridgehead atoms. The number of carbonyl (C=O) groups excluding carboxylic acids is 2. The molecule has 0 saturated carbocycles. The SMILES string of the molecule is NC(=O)c1cccc(C(N)=O)c1CC(S)S. The van der Waals surface area contributed by atoms with Crippen molar-refractivity contribution in [2.75, 3.05) is 0 Å². The van der Waals surface area contributed by atoms with E-state index >= 15 is 0 Å². The van der Waals surface area contributed by atoms with Gasteiger partial charge in [-0.15, -0.1) is 0 Å². The Balaban J connectivity index is 3.34. The monoisotopic (exact) mass is 256 g/mol. The molecule has 0 fully saturated rings. The van der Waals surface area contributed by atoms with Crippen LogP contribution in [0.2, 0.25) is 0 Å². The molecule has 0 aliphatic heterocycles. The van der Waals surface area contributed by atoms with E-state index in [1.54, 1.807) is 18.2 Å². The fraction of sp³-hybridized carbons (Fsp3) is 0.200. The van der Waals surface area contributed by atoms with Crippen LogP contribution in [0.1, 0.15) is 26.3 Å². The minimum Gasteiger partial charge on any atom is -0.366 e. The maximum Gasteiger partial charge on any atom is 0.249 e. The summed E-state index contributed by atoms with van der Waals surface area (Å²) in [7, 11) is 0. The van der Waals surface area contributed by atoms with Crippen LogP contribution in [0.4, 0.5) is 0 Å². The number of hydrogen-bond donors (Lipinski definition) is 4. The van der Waals surface area contributed by atoms with Gasteiger partial charge in [0.25, 0.3) is 0 Å². The first kappa shape index (κ1) is 12.9. The summed E-state index contributed by atoms with van der Waals surface area (Å²) in [6, 6.07) is 4.66. The lowest BCUT2D eigenvalue weighted by atomic mass is 9.98. The normalized spacial score (nSPS) is 10.4. The van der Waals surface area contributed by atoms with Crippen LogP contribution in [-0.4, -0.2) is 16.4 Å². The molecule has 1 rings (SSSR count). The lowest BCUT2D eigenvalue weighted by Gasteiger charge is -2.12. The fourth-order valence-electron chi connectivity index (χ4n) is 1.45. The van der Waals surface area contributed by atoms with Gasteiger partial charge in [-0.1, -0.05) is 6.07 Å². The van der Waals surface area contributed by atoms with E-state index in [1.807, 2.05) is 0 Å². The lowest BCUT2D eigenvalue weighted by molar-refractivity contribution is 0.0999. The Morgan fingerprint density at radius 3 is 1.88 bits per heavy atom. The van der Waals surface area contributed by atoms with Gasteiger partial charge in [-0.05, 0) is 24.1 Å². The van der Waals surface area contributed by atoms with Crippen LogP contribution >= 0.6 is 25.3 Å². The molecule has 0 radical (unpaired) electrons. The van der Waals surface area contributed by atoms with Gasteiger partial charge in [-0.3, -0.25) is 9.59 Å². The van der Waals surface area contributed by atoms with Gasteiger partial charge in [0.2, 0.25) is 11.8 Å². The highest BCUT2D eigenvalue weighted by molar-refractivity contribution is 7.99. The summed E-state index contributed by atoms with van der Waals surface area (Å²) >= 11 is 8.20. The molecule has 4 nitrogen and oxygen atoms in total. The van der Waals surface area contributed by atoms with Crippen LogP contribution in [0, 0.1) is 0 Å². The molecule has 1 aromatic carbocycles. The minimum absolute atomic E-state index is 0.282. The standard InChI is InChI=1S/C10H12N2O2S2/c11-9(13)5-2-1-3-6(10(12)14)7(5)4-8(15)16/h1-3,8,15-16H,4H2,(H2,11,13)(H2,12,14). The average molecular weight is 256 g/mol. The van der Waals surface area contributed by atoms with Crippen LogP contribution in [0.3, 0.4) is 0 Å². The summed E-state index contributed by atoms with van der Waals surface area (Å²) < 4.78 is -0.293. The van der Waals surface area contributed by atoms with Crippen molar-refractivity contribution in [2.45, 2.75) is 11.0 Å². The first-order valence-electron chi connectivity index (χ1n) is 4.51. The van der Waals surface area contributed by atoms with Crippen LogP contribution in [-0.2, 0) is 6.42 Å². The highest BCUT2D eigenvalue weighted by Gasteiger charge is 2.16. The average Bonchev–Trinajstić information content (AvgIpc) is 2.16. The van der Waals surface area contributed by atoms with Crippen molar-refractivity contribution in [1.82, 2.24) is 0 Å². The predicted molar refractivity (Wildman–Crippen MR) is 68.9 cm³/mol. The van der Waals surface area contributed by atoms with E-state index < -0.39 is 11.8 Å². The summed E-state index contributed by atoms with van der Waals surface area (Å²) in [5, 5.41) is 0. The van der Waals surface area contributed by atoms with E-state index in [0.29, 0.717) is 12.0 Å². The predicted octanol–water partition coefficient (Wildman–Crippen LogP) is 0.613. The lowest BCUT2D eigenvalue weighted by Crippen LogP contribution is -2.20. The van der Waals surface area contributed by atoms with Crippen molar-refractivity contribution in [2.24, 2.45) is 11.5 Å². The number of hydrogen-bond acceptors (Lipinski definition) is 4. The molecule has 86 valence electrons. The summed E-state index contributed by atoms with van der Waals surface area (Å²) in [4.78, 5) is 22.4. The van der Waals surface area contributed by atoms with E-state index in [-0.39, 0.29) is 15.7 Å². The van der Waals surface area contributed by atoms with Crippen LogP contribution in [0.5, 0.6) is 0 Å². The maximum atomic E-state index is 11.2. The molecule has 0 spiro atoms. The van der Waals surface area contributed by atoms with Crippen LogP contribution < -0.4 is 11.5 Å². The number of nitrogens with two attached hydrogens (primary N) is 2. The van der Waals surface area contributed by atoms with Gasteiger partial charge in [0.1, 0.15) is 0 Å². The first-order chi connectivity index (χ1) is 7.43. The molecule has 1 aromatic rings. The Bertz CT molecular complexity index is 401. The number of rotatable bonds is 4. The van der Waals surface area contributed by atoms with Crippen molar-refractivity contribution in [3.8, 4) is 0 Å². The molecular weight excluding hydrogens is 244 g/mol. The van der Waals surface area contributed by atoms with Gasteiger partial charge in [-0.2, -0.15) is 25.3 Å². The fourth-order valence-corrected chi connectivity index (χ4v) is 1.82. The van der Waals surface area contributed by atoms with Gasteiger partial charge in [0, 0.05) is 15.7 Å². The zero-order valence-corrected chi connectivity index (χ0v) is 10.2. The zero-order chi connectivity index (χ0) is 12.3. The molecule has 6 heteroatoms. The van der Waals surface area contributed by atoms with Gasteiger partial charge >= 0.3 is 0 Å². The summed E-state index contributed by atoms with van der Waals surface area (Å²) in [6.45, 7) is 0. The van der Waals surface area contributed by atoms with Gasteiger partial charge in [0.05, 0.1) is 0 Å². The number of amides is 2. The molecule has 2 amide bonds.